The first kappa shape index (κ1) is 29.6. The van der Waals surface area contributed by atoms with E-state index in [1.54, 1.807) is 43.4 Å². The van der Waals surface area contributed by atoms with Crippen LogP contribution in [0.3, 0.4) is 0 Å². The predicted molar refractivity (Wildman–Crippen MR) is 163 cm³/mol. The lowest BCUT2D eigenvalue weighted by Crippen LogP contribution is -2.54. The lowest BCUT2D eigenvalue weighted by Gasteiger charge is -2.40. The number of benzene rings is 2. The minimum atomic E-state index is -2.94. The van der Waals surface area contributed by atoms with Crippen LogP contribution in [-0.2, 0) is 9.36 Å². The van der Waals surface area contributed by atoms with E-state index in [9.17, 15) is 18.5 Å². The molecule has 42 heavy (non-hydrogen) atoms. The van der Waals surface area contributed by atoms with Crippen LogP contribution in [0.1, 0.15) is 12.5 Å². The standard InChI is InChI=1S/C30H29ClF2N5O3P/c1-6-24(39)36-13-14-37(18(3)16-36)28-19-15-22(33)26(25-20(31)10-8-11-21(25)32)34-29(19)38(30(40)35-28)27-17(2)9-7-12-23(27)42(4,5)41/h6-12,15,18H,1,13-14,16H2,2-5H3/t18-/m0/s1. The number of anilines is 1. The van der Waals surface area contributed by atoms with Gasteiger partial charge in [-0.3, -0.25) is 4.79 Å². The van der Waals surface area contributed by atoms with Crippen molar-refractivity contribution < 1.29 is 18.1 Å². The fraction of sp³-hybridized carbons (Fsp3) is 0.267. The summed E-state index contributed by atoms with van der Waals surface area (Å²) in [5, 5.41) is 0.556. The molecule has 4 aromatic rings. The molecule has 2 aromatic heterocycles. The van der Waals surface area contributed by atoms with Gasteiger partial charge in [0.1, 0.15) is 24.5 Å². The van der Waals surface area contributed by atoms with E-state index in [1.807, 2.05) is 11.8 Å². The number of aromatic nitrogens is 3. The largest absolute Gasteiger partial charge is 0.355 e. The molecule has 12 heteroatoms. The number of rotatable bonds is 5. The minimum Gasteiger partial charge on any atom is -0.350 e. The normalized spacial score (nSPS) is 15.7. The number of pyridine rings is 1. The fourth-order valence-corrected chi connectivity index (χ4v) is 6.88. The number of carbonyl (C=O) groups excluding carboxylic acids is 1. The average molecular weight is 612 g/mol. The van der Waals surface area contributed by atoms with Gasteiger partial charge in [0.15, 0.2) is 11.5 Å². The fourth-order valence-electron chi connectivity index (χ4n) is 5.40. The maximum Gasteiger partial charge on any atom is 0.355 e. The molecule has 1 aliphatic rings. The number of amides is 1. The van der Waals surface area contributed by atoms with Crippen LogP contribution < -0.4 is 15.9 Å². The molecule has 1 saturated heterocycles. The Labute approximate surface area is 246 Å². The Morgan fingerprint density at radius 3 is 2.48 bits per heavy atom. The Morgan fingerprint density at radius 2 is 1.83 bits per heavy atom. The zero-order chi connectivity index (χ0) is 30.5. The zero-order valence-corrected chi connectivity index (χ0v) is 25.2. The molecule has 0 radical (unpaired) electrons. The molecular formula is C30H29ClF2N5O3P. The molecule has 2 aromatic carbocycles. The van der Waals surface area contributed by atoms with Crippen LogP contribution >= 0.6 is 18.7 Å². The van der Waals surface area contributed by atoms with Crippen molar-refractivity contribution in [3.8, 4) is 16.9 Å². The van der Waals surface area contributed by atoms with E-state index in [4.69, 9.17) is 11.6 Å². The second-order valence-electron chi connectivity index (χ2n) is 10.7. The first-order valence-corrected chi connectivity index (χ1v) is 16.2. The number of hydrogen-bond acceptors (Lipinski definition) is 6. The summed E-state index contributed by atoms with van der Waals surface area (Å²) >= 11 is 6.30. The number of halogens is 3. The van der Waals surface area contributed by atoms with Crippen molar-refractivity contribution in [1.82, 2.24) is 19.4 Å². The summed E-state index contributed by atoms with van der Waals surface area (Å²) in [7, 11) is -2.94. The van der Waals surface area contributed by atoms with Crippen molar-refractivity contribution in [3.63, 3.8) is 0 Å². The van der Waals surface area contributed by atoms with E-state index in [1.165, 1.54) is 28.8 Å². The number of nitrogens with zero attached hydrogens (tertiary/aromatic N) is 5. The van der Waals surface area contributed by atoms with Crippen LogP contribution in [0.15, 0.2) is 59.9 Å². The van der Waals surface area contributed by atoms with Crippen molar-refractivity contribution in [3.05, 3.63) is 87.8 Å². The summed E-state index contributed by atoms with van der Waals surface area (Å²) in [6, 6.07) is 10.0. The highest BCUT2D eigenvalue weighted by molar-refractivity contribution is 7.70. The molecule has 1 atom stereocenters. The Kier molecular flexibility index (Phi) is 7.81. The van der Waals surface area contributed by atoms with Crippen LogP contribution in [0, 0.1) is 18.6 Å². The smallest absolute Gasteiger partial charge is 0.350 e. The summed E-state index contributed by atoms with van der Waals surface area (Å²) in [6.07, 6.45) is 1.24. The summed E-state index contributed by atoms with van der Waals surface area (Å²) in [5.41, 5.74) is -0.418. The number of para-hydroxylation sites is 1. The van der Waals surface area contributed by atoms with Crippen LogP contribution in [0.5, 0.6) is 0 Å². The molecular weight excluding hydrogens is 583 g/mol. The van der Waals surface area contributed by atoms with Gasteiger partial charge < -0.3 is 14.4 Å². The number of aryl methyl sites for hydroxylation is 1. The van der Waals surface area contributed by atoms with E-state index in [-0.39, 0.29) is 45.1 Å². The SMILES string of the molecule is C=CC(=O)N1CCN(c2nc(=O)n(-c3c(C)cccc3P(C)(C)=O)c3nc(-c4c(F)cccc4Cl)c(F)cc23)[C@@H](C)C1. The Morgan fingerprint density at radius 1 is 1.12 bits per heavy atom. The molecule has 1 aliphatic heterocycles. The zero-order valence-electron chi connectivity index (χ0n) is 23.6. The van der Waals surface area contributed by atoms with Gasteiger partial charge in [0, 0.05) is 31.0 Å². The quantitative estimate of drug-likeness (QED) is 0.229. The molecule has 3 heterocycles. The van der Waals surface area contributed by atoms with Gasteiger partial charge in [-0.05, 0) is 63.1 Å². The first-order chi connectivity index (χ1) is 19.8. The van der Waals surface area contributed by atoms with E-state index >= 15 is 4.39 Å². The summed E-state index contributed by atoms with van der Waals surface area (Å²) in [6.45, 7) is 11.3. The van der Waals surface area contributed by atoms with Gasteiger partial charge in [0.05, 0.1) is 21.7 Å². The first-order valence-electron chi connectivity index (χ1n) is 13.2. The molecule has 0 unspecified atom stereocenters. The van der Waals surface area contributed by atoms with Gasteiger partial charge in [-0.25, -0.2) is 23.1 Å². The molecule has 0 saturated carbocycles. The molecule has 5 rings (SSSR count). The van der Waals surface area contributed by atoms with Gasteiger partial charge in [-0.2, -0.15) is 4.98 Å². The Bertz CT molecular complexity index is 1850. The molecule has 0 spiro atoms. The van der Waals surface area contributed by atoms with Crippen LogP contribution in [-0.4, -0.2) is 64.3 Å². The van der Waals surface area contributed by atoms with Gasteiger partial charge in [-0.15, -0.1) is 0 Å². The number of piperazine rings is 1. The highest BCUT2D eigenvalue weighted by Crippen LogP contribution is 2.39. The number of fused-ring (bicyclic) bond motifs is 1. The van der Waals surface area contributed by atoms with Gasteiger partial charge in [-0.1, -0.05) is 36.4 Å². The monoisotopic (exact) mass is 611 g/mol. The maximum atomic E-state index is 15.9. The van der Waals surface area contributed by atoms with E-state index < -0.39 is 24.5 Å². The number of carbonyl (C=O) groups is 1. The molecule has 1 amide bonds. The molecule has 0 aliphatic carbocycles. The summed E-state index contributed by atoms with van der Waals surface area (Å²) < 4.78 is 45.5. The third-order valence-corrected chi connectivity index (χ3v) is 9.24. The molecule has 8 nitrogen and oxygen atoms in total. The summed E-state index contributed by atoms with van der Waals surface area (Å²) in [4.78, 5) is 38.6. The van der Waals surface area contributed by atoms with Crippen molar-refractivity contribution in [1.29, 1.82) is 0 Å². The van der Waals surface area contributed by atoms with E-state index in [2.05, 4.69) is 16.5 Å². The third kappa shape index (κ3) is 5.14. The third-order valence-electron chi connectivity index (χ3n) is 7.41. The van der Waals surface area contributed by atoms with Gasteiger partial charge in [0.25, 0.3) is 0 Å². The van der Waals surface area contributed by atoms with E-state index in [0.29, 0.717) is 36.2 Å². The maximum absolute atomic E-state index is 15.9. The van der Waals surface area contributed by atoms with Crippen molar-refractivity contribution in [2.75, 3.05) is 37.9 Å². The lowest BCUT2D eigenvalue weighted by atomic mass is 10.1. The molecule has 218 valence electrons. The van der Waals surface area contributed by atoms with Crippen molar-refractivity contribution >= 4 is 46.8 Å². The second kappa shape index (κ2) is 11.1. The predicted octanol–water partition coefficient (Wildman–Crippen LogP) is 5.16. The minimum absolute atomic E-state index is 0.00140. The Balaban J connectivity index is 1.86. The highest BCUT2D eigenvalue weighted by atomic mass is 35.5. The van der Waals surface area contributed by atoms with Crippen molar-refractivity contribution in [2.24, 2.45) is 0 Å². The van der Waals surface area contributed by atoms with Crippen LogP contribution in [0.2, 0.25) is 5.02 Å². The van der Waals surface area contributed by atoms with Gasteiger partial charge in [0.2, 0.25) is 5.91 Å². The average Bonchev–Trinajstić information content (AvgIpc) is 2.92. The highest BCUT2D eigenvalue weighted by Gasteiger charge is 2.31. The lowest BCUT2D eigenvalue weighted by molar-refractivity contribution is -0.126. The van der Waals surface area contributed by atoms with Gasteiger partial charge >= 0.3 is 5.69 Å². The van der Waals surface area contributed by atoms with Crippen molar-refractivity contribution in [2.45, 2.75) is 19.9 Å². The summed E-state index contributed by atoms with van der Waals surface area (Å²) in [5.74, 6) is -1.69. The van der Waals surface area contributed by atoms with E-state index in [0.717, 1.165) is 6.07 Å². The Hall–Kier alpha value is -3.88. The molecule has 0 bridgehead atoms. The molecule has 0 N–H and O–H groups in total. The topological polar surface area (TPSA) is 88.4 Å². The van der Waals surface area contributed by atoms with Crippen LogP contribution in [0.4, 0.5) is 14.6 Å². The number of hydrogen-bond donors (Lipinski definition) is 0. The second-order valence-corrected chi connectivity index (χ2v) is 14.3. The molecule has 1 fully saturated rings. The van der Waals surface area contributed by atoms with Crippen LogP contribution in [0.25, 0.3) is 28.0 Å².